The van der Waals surface area contributed by atoms with Crippen molar-refractivity contribution in [1.29, 1.82) is 5.41 Å². The lowest BCUT2D eigenvalue weighted by Crippen LogP contribution is -2.28. The van der Waals surface area contributed by atoms with Crippen LogP contribution in [0.2, 0.25) is 0 Å². The molecule has 4 rings (SSSR count). The summed E-state index contributed by atoms with van der Waals surface area (Å²) < 4.78 is 16.0. The van der Waals surface area contributed by atoms with E-state index >= 15 is 0 Å². The summed E-state index contributed by atoms with van der Waals surface area (Å²) in [5.74, 6) is 4.02. The molecule has 0 aliphatic carbocycles. The number of fused-ring (bicyclic) bond motifs is 1. The van der Waals surface area contributed by atoms with Gasteiger partial charge in [0.25, 0.3) is 5.91 Å². The molecular weight excluding hydrogens is 364 g/mol. The lowest BCUT2D eigenvalue weighted by molar-refractivity contribution is -0.113. The lowest BCUT2D eigenvalue weighted by Gasteiger charge is -2.14. The van der Waals surface area contributed by atoms with Gasteiger partial charge in [-0.05, 0) is 47.7 Å². The Morgan fingerprint density at radius 1 is 1.22 bits per heavy atom. The summed E-state index contributed by atoms with van der Waals surface area (Å²) in [4.78, 5) is 14.6. The van der Waals surface area contributed by atoms with Gasteiger partial charge in [0.1, 0.15) is 12.4 Å². The molecule has 2 aliphatic heterocycles. The summed E-state index contributed by atoms with van der Waals surface area (Å²) in [6, 6.07) is 12.4. The van der Waals surface area contributed by atoms with Crippen LogP contribution in [0.4, 0.5) is 5.69 Å². The second kappa shape index (κ2) is 7.09. The number of ether oxygens (including phenoxy) is 3. The molecule has 1 saturated heterocycles. The molecule has 6 nitrogen and oxygen atoms in total. The Labute approximate surface area is 160 Å². The number of amidine groups is 1. The minimum Gasteiger partial charge on any atom is -0.481 e. The van der Waals surface area contributed by atoms with Crippen molar-refractivity contribution >= 4 is 34.6 Å². The predicted octanol–water partition coefficient (Wildman–Crippen LogP) is 3.48. The second-order valence-electron chi connectivity index (χ2n) is 5.66. The van der Waals surface area contributed by atoms with Crippen LogP contribution in [-0.4, -0.2) is 24.5 Å². The van der Waals surface area contributed by atoms with Crippen molar-refractivity contribution in [3.63, 3.8) is 0 Å². The van der Waals surface area contributed by atoms with E-state index in [2.05, 4.69) is 5.92 Å². The van der Waals surface area contributed by atoms with Crippen LogP contribution in [0.15, 0.2) is 47.4 Å². The fourth-order valence-corrected chi connectivity index (χ4v) is 3.54. The highest BCUT2D eigenvalue weighted by atomic mass is 32.2. The zero-order chi connectivity index (χ0) is 18.8. The molecular formula is C20H14N2O4S. The molecule has 0 aromatic heterocycles. The Hall–Kier alpha value is -3.37. The van der Waals surface area contributed by atoms with Crippen LogP contribution in [0, 0.1) is 17.8 Å². The minimum absolute atomic E-state index is 0.138. The first kappa shape index (κ1) is 17.1. The van der Waals surface area contributed by atoms with Crippen LogP contribution in [0.3, 0.4) is 0 Å². The fraction of sp³-hybridized carbons (Fsp3) is 0.100. The molecule has 27 heavy (non-hydrogen) atoms. The van der Waals surface area contributed by atoms with Crippen molar-refractivity contribution in [2.75, 3.05) is 18.3 Å². The third-order valence-corrected chi connectivity index (χ3v) is 4.83. The number of benzene rings is 2. The number of thioether (sulfide) groups is 1. The molecule has 2 aromatic carbocycles. The number of rotatable bonds is 4. The SMILES string of the molecule is C#CCOc1ccc(/C=C2\SC(=N)N(c3ccc4c(c3)OCO4)C2=O)cc1. The number of amides is 1. The molecule has 0 saturated carbocycles. The predicted molar refractivity (Wildman–Crippen MR) is 104 cm³/mol. The largest absolute Gasteiger partial charge is 0.481 e. The summed E-state index contributed by atoms with van der Waals surface area (Å²) >= 11 is 1.11. The van der Waals surface area contributed by atoms with Crippen LogP contribution >= 0.6 is 11.8 Å². The Bertz CT molecular complexity index is 992. The maximum absolute atomic E-state index is 12.8. The van der Waals surface area contributed by atoms with Crippen LogP contribution in [0.5, 0.6) is 17.2 Å². The van der Waals surface area contributed by atoms with Crippen LogP contribution < -0.4 is 19.1 Å². The van der Waals surface area contributed by atoms with Crippen molar-refractivity contribution in [3.8, 4) is 29.6 Å². The Balaban J connectivity index is 1.56. The van der Waals surface area contributed by atoms with Crippen LogP contribution in [-0.2, 0) is 4.79 Å². The van der Waals surface area contributed by atoms with Crippen molar-refractivity contribution in [3.05, 3.63) is 52.9 Å². The highest BCUT2D eigenvalue weighted by Gasteiger charge is 2.34. The zero-order valence-electron chi connectivity index (χ0n) is 14.1. The van der Waals surface area contributed by atoms with Gasteiger partial charge in [-0.3, -0.25) is 15.1 Å². The van der Waals surface area contributed by atoms with Crippen LogP contribution in [0.25, 0.3) is 6.08 Å². The van der Waals surface area contributed by atoms with Gasteiger partial charge in [-0.15, -0.1) is 6.42 Å². The maximum Gasteiger partial charge on any atom is 0.271 e. The molecule has 0 bridgehead atoms. The van der Waals surface area contributed by atoms with E-state index in [1.807, 2.05) is 12.1 Å². The summed E-state index contributed by atoms with van der Waals surface area (Å²) in [6.45, 7) is 0.363. The fourth-order valence-electron chi connectivity index (χ4n) is 2.68. The average molecular weight is 378 g/mol. The summed E-state index contributed by atoms with van der Waals surface area (Å²) in [6.07, 6.45) is 6.92. The number of nitrogens with zero attached hydrogens (tertiary/aromatic N) is 1. The van der Waals surface area contributed by atoms with Crippen LogP contribution in [0.1, 0.15) is 5.56 Å². The van der Waals surface area contributed by atoms with Gasteiger partial charge in [0.15, 0.2) is 16.7 Å². The Morgan fingerprint density at radius 3 is 2.78 bits per heavy atom. The molecule has 134 valence electrons. The first-order valence-electron chi connectivity index (χ1n) is 8.04. The molecule has 7 heteroatoms. The summed E-state index contributed by atoms with van der Waals surface area (Å²) in [7, 11) is 0. The molecule has 2 aliphatic rings. The third kappa shape index (κ3) is 3.35. The second-order valence-corrected chi connectivity index (χ2v) is 6.69. The van der Waals surface area contributed by atoms with E-state index in [1.54, 1.807) is 36.4 Å². The van der Waals surface area contributed by atoms with Gasteiger partial charge in [-0.25, -0.2) is 0 Å². The Kier molecular flexibility index (Phi) is 4.48. The topological polar surface area (TPSA) is 71.8 Å². The molecule has 0 unspecified atom stereocenters. The van der Waals surface area contributed by atoms with Gasteiger partial charge in [0, 0.05) is 6.07 Å². The molecule has 1 amide bonds. The van der Waals surface area contributed by atoms with Gasteiger partial charge in [-0.2, -0.15) is 0 Å². The number of carbonyl (C=O) groups is 1. The highest BCUT2D eigenvalue weighted by Crippen LogP contribution is 2.40. The number of nitrogens with one attached hydrogen (secondary N) is 1. The quantitative estimate of drug-likeness (QED) is 0.651. The molecule has 0 spiro atoms. The smallest absolute Gasteiger partial charge is 0.271 e. The normalized spacial score (nSPS) is 16.7. The van der Waals surface area contributed by atoms with E-state index in [0.717, 1.165) is 17.3 Å². The summed E-state index contributed by atoms with van der Waals surface area (Å²) in [5.41, 5.74) is 1.41. The van der Waals surface area contributed by atoms with Crippen molar-refractivity contribution in [2.45, 2.75) is 0 Å². The number of anilines is 1. The van der Waals surface area contributed by atoms with E-state index in [0.29, 0.717) is 27.8 Å². The van der Waals surface area contributed by atoms with E-state index in [-0.39, 0.29) is 24.5 Å². The van der Waals surface area contributed by atoms with Gasteiger partial charge in [0.05, 0.1) is 10.6 Å². The first-order chi connectivity index (χ1) is 13.2. The maximum atomic E-state index is 12.8. The third-order valence-electron chi connectivity index (χ3n) is 3.94. The van der Waals surface area contributed by atoms with Crippen molar-refractivity contribution in [1.82, 2.24) is 0 Å². The van der Waals surface area contributed by atoms with Gasteiger partial charge >= 0.3 is 0 Å². The molecule has 0 radical (unpaired) electrons. The van der Waals surface area contributed by atoms with Gasteiger partial charge in [0.2, 0.25) is 6.79 Å². The molecule has 1 fully saturated rings. The molecule has 2 aromatic rings. The van der Waals surface area contributed by atoms with E-state index in [9.17, 15) is 4.79 Å². The number of hydrogen-bond donors (Lipinski definition) is 1. The monoisotopic (exact) mass is 378 g/mol. The van der Waals surface area contributed by atoms with Crippen molar-refractivity contribution < 1.29 is 19.0 Å². The molecule has 2 heterocycles. The molecule has 1 N–H and O–H groups in total. The van der Waals surface area contributed by atoms with Gasteiger partial charge < -0.3 is 14.2 Å². The van der Waals surface area contributed by atoms with Gasteiger partial charge in [-0.1, -0.05) is 18.1 Å². The van der Waals surface area contributed by atoms with E-state index in [4.69, 9.17) is 26.0 Å². The number of hydrogen-bond acceptors (Lipinski definition) is 6. The highest BCUT2D eigenvalue weighted by molar-refractivity contribution is 8.19. The molecule has 0 atom stereocenters. The summed E-state index contributed by atoms with van der Waals surface area (Å²) in [5, 5.41) is 8.33. The standard InChI is InChI=1S/C20H14N2O4S/c1-2-9-24-15-6-3-13(4-7-15)10-18-19(23)22(20(21)27-18)14-5-8-16-17(11-14)26-12-25-16/h1,3-8,10-11,21H,9,12H2/b18-10-,21-20?. The average Bonchev–Trinajstić information content (AvgIpc) is 3.25. The van der Waals surface area contributed by atoms with E-state index < -0.39 is 0 Å². The van der Waals surface area contributed by atoms with E-state index in [1.165, 1.54) is 4.90 Å². The lowest BCUT2D eigenvalue weighted by atomic mass is 10.2. The Morgan fingerprint density at radius 2 is 2.00 bits per heavy atom. The zero-order valence-corrected chi connectivity index (χ0v) is 14.9. The van der Waals surface area contributed by atoms with Crippen molar-refractivity contribution in [2.24, 2.45) is 0 Å². The minimum atomic E-state index is -0.253. The number of terminal acetylenes is 1. The first-order valence-corrected chi connectivity index (χ1v) is 8.86. The number of carbonyl (C=O) groups excluding carboxylic acids is 1.